The van der Waals surface area contributed by atoms with Gasteiger partial charge in [-0.05, 0) is 37.0 Å². The second-order valence-corrected chi connectivity index (χ2v) is 7.36. The Morgan fingerprint density at radius 1 is 1.35 bits per heavy atom. The molecule has 0 spiro atoms. The van der Waals surface area contributed by atoms with Gasteiger partial charge in [-0.25, -0.2) is 0 Å². The third kappa shape index (κ3) is 2.80. The molecule has 1 saturated heterocycles. The summed E-state index contributed by atoms with van der Waals surface area (Å²) in [5.41, 5.74) is 0.392. The zero-order chi connectivity index (χ0) is 18.4. The van der Waals surface area contributed by atoms with Crippen molar-refractivity contribution >= 4 is 35.1 Å². The molecule has 1 aromatic carbocycles. The molecule has 0 unspecified atom stereocenters. The van der Waals surface area contributed by atoms with Crippen molar-refractivity contribution in [1.29, 1.82) is 0 Å². The van der Waals surface area contributed by atoms with Crippen molar-refractivity contribution in [3.63, 3.8) is 0 Å². The molecule has 0 aromatic heterocycles. The number of esters is 2. The van der Waals surface area contributed by atoms with Gasteiger partial charge >= 0.3 is 11.9 Å². The van der Waals surface area contributed by atoms with Gasteiger partial charge in [-0.2, -0.15) is 0 Å². The van der Waals surface area contributed by atoms with Crippen LogP contribution in [-0.2, 0) is 23.9 Å². The molecular formula is C18H18ClNO6. The summed E-state index contributed by atoms with van der Waals surface area (Å²) >= 11 is 5.92. The van der Waals surface area contributed by atoms with Gasteiger partial charge in [-0.1, -0.05) is 11.6 Å². The topological polar surface area (TPSA) is 90.9 Å². The van der Waals surface area contributed by atoms with Crippen molar-refractivity contribution in [2.24, 2.45) is 23.7 Å². The highest BCUT2D eigenvalue weighted by Gasteiger charge is 2.64. The summed E-state index contributed by atoms with van der Waals surface area (Å²) in [6, 6.07) is 4.81. The van der Waals surface area contributed by atoms with E-state index in [1.807, 2.05) is 0 Å². The normalized spacial score (nSPS) is 30.8. The summed E-state index contributed by atoms with van der Waals surface area (Å²) in [7, 11) is 1.47. The van der Waals surface area contributed by atoms with Gasteiger partial charge in [0.1, 0.15) is 11.9 Å². The molecule has 0 radical (unpaired) electrons. The zero-order valence-corrected chi connectivity index (χ0v) is 14.8. The molecule has 2 bridgehead atoms. The van der Waals surface area contributed by atoms with Crippen LogP contribution in [0.4, 0.5) is 5.69 Å². The summed E-state index contributed by atoms with van der Waals surface area (Å²) in [4.78, 5) is 36.5. The van der Waals surface area contributed by atoms with Crippen LogP contribution in [0.2, 0.25) is 5.02 Å². The van der Waals surface area contributed by atoms with E-state index in [9.17, 15) is 14.4 Å². The van der Waals surface area contributed by atoms with Gasteiger partial charge in [0.05, 0.1) is 24.6 Å². The predicted octanol–water partition coefficient (Wildman–Crippen LogP) is 2.03. The van der Waals surface area contributed by atoms with Crippen LogP contribution in [0.5, 0.6) is 5.75 Å². The average molecular weight is 380 g/mol. The lowest BCUT2D eigenvalue weighted by Crippen LogP contribution is -2.35. The molecule has 4 rings (SSSR count). The molecule has 26 heavy (non-hydrogen) atoms. The predicted molar refractivity (Wildman–Crippen MR) is 90.7 cm³/mol. The lowest BCUT2D eigenvalue weighted by atomic mass is 9.80. The van der Waals surface area contributed by atoms with Crippen LogP contribution >= 0.6 is 11.6 Å². The van der Waals surface area contributed by atoms with E-state index in [1.165, 1.54) is 7.11 Å². The van der Waals surface area contributed by atoms with E-state index in [0.29, 0.717) is 22.9 Å². The number of benzene rings is 1. The van der Waals surface area contributed by atoms with E-state index in [4.69, 9.17) is 25.8 Å². The molecular weight excluding hydrogens is 362 g/mol. The molecule has 1 N–H and O–H groups in total. The van der Waals surface area contributed by atoms with Crippen LogP contribution in [0.1, 0.15) is 12.8 Å². The first-order chi connectivity index (χ1) is 12.5. The third-order valence-electron chi connectivity index (χ3n) is 5.54. The second kappa shape index (κ2) is 6.46. The maximum absolute atomic E-state index is 12.4. The molecule has 1 heterocycles. The average Bonchev–Trinajstić information content (AvgIpc) is 3.22. The molecule has 3 fully saturated rings. The van der Waals surface area contributed by atoms with Crippen LogP contribution in [0.25, 0.3) is 0 Å². The van der Waals surface area contributed by atoms with E-state index in [1.54, 1.807) is 18.2 Å². The van der Waals surface area contributed by atoms with E-state index < -0.39 is 30.3 Å². The molecule has 8 heteroatoms. The SMILES string of the molecule is COc1ccc(Cl)cc1NC(=O)COC(=O)[C@@H]1[C@@H]2C[C@@H]3[C@H]1C(=O)O[C@@H]3C2. The minimum Gasteiger partial charge on any atom is -0.495 e. The van der Waals surface area contributed by atoms with Gasteiger partial charge in [-0.3, -0.25) is 14.4 Å². The minimum atomic E-state index is -0.506. The van der Waals surface area contributed by atoms with Crippen molar-refractivity contribution in [2.45, 2.75) is 18.9 Å². The first kappa shape index (κ1) is 17.1. The molecule has 1 aromatic rings. The largest absolute Gasteiger partial charge is 0.495 e. The Morgan fingerprint density at radius 2 is 2.15 bits per heavy atom. The molecule has 5 atom stereocenters. The van der Waals surface area contributed by atoms with E-state index in [0.717, 1.165) is 6.42 Å². The smallest absolute Gasteiger partial charge is 0.310 e. The molecule has 2 saturated carbocycles. The monoisotopic (exact) mass is 379 g/mol. The molecule has 7 nitrogen and oxygen atoms in total. The van der Waals surface area contributed by atoms with E-state index >= 15 is 0 Å². The molecule has 2 aliphatic carbocycles. The van der Waals surface area contributed by atoms with Gasteiger partial charge < -0.3 is 19.5 Å². The Hall–Kier alpha value is -2.28. The van der Waals surface area contributed by atoms with Crippen molar-refractivity contribution in [3.05, 3.63) is 23.2 Å². The number of ether oxygens (including phenoxy) is 3. The lowest BCUT2D eigenvalue weighted by Gasteiger charge is -2.22. The number of halogens is 1. The number of amides is 1. The fraction of sp³-hybridized carbons (Fsp3) is 0.500. The standard InChI is InChI=1S/C18H18ClNO6/c1-24-12-3-2-9(19)6-11(12)20-14(21)7-25-17(22)15-8-4-10-13(5-8)26-18(23)16(10)15/h2-3,6,8,10,13,15-16H,4-5,7H2,1H3,(H,20,21)/t8-,10+,13-,15-,16-/m1/s1. The van der Waals surface area contributed by atoms with Gasteiger partial charge in [0.15, 0.2) is 6.61 Å². The van der Waals surface area contributed by atoms with Crippen LogP contribution in [-0.4, -0.2) is 37.7 Å². The summed E-state index contributed by atoms with van der Waals surface area (Å²) in [5, 5.41) is 3.05. The van der Waals surface area contributed by atoms with Crippen LogP contribution < -0.4 is 10.1 Å². The summed E-state index contributed by atoms with van der Waals surface area (Å²) in [5.74, 6) is -1.57. The summed E-state index contributed by atoms with van der Waals surface area (Å²) in [6.07, 6.45) is 1.48. The number of rotatable bonds is 5. The first-order valence-electron chi connectivity index (χ1n) is 8.48. The third-order valence-corrected chi connectivity index (χ3v) is 5.77. The number of carbonyl (C=O) groups is 3. The highest BCUT2D eigenvalue weighted by atomic mass is 35.5. The Kier molecular flexibility index (Phi) is 4.26. The maximum Gasteiger partial charge on any atom is 0.310 e. The lowest BCUT2D eigenvalue weighted by molar-refractivity contribution is -0.157. The Labute approximate surface area is 154 Å². The number of methoxy groups -OCH3 is 1. The molecule has 138 valence electrons. The quantitative estimate of drug-likeness (QED) is 0.787. The van der Waals surface area contributed by atoms with Crippen molar-refractivity contribution in [3.8, 4) is 5.75 Å². The van der Waals surface area contributed by atoms with Gasteiger partial charge in [0.25, 0.3) is 5.91 Å². The zero-order valence-electron chi connectivity index (χ0n) is 14.1. The van der Waals surface area contributed by atoms with E-state index in [-0.39, 0.29) is 23.9 Å². The number of hydrogen-bond acceptors (Lipinski definition) is 6. The number of hydrogen-bond donors (Lipinski definition) is 1. The van der Waals surface area contributed by atoms with Crippen LogP contribution in [0.15, 0.2) is 18.2 Å². The van der Waals surface area contributed by atoms with E-state index in [2.05, 4.69) is 5.32 Å². The van der Waals surface area contributed by atoms with Crippen LogP contribution in [0.3, 0.4) is 0 Å². The summed E-state index contributed by atoms with van der Waals surface area (Å²) in [6.45, 7) is -0.437. The highest BCUT2D eigenvalue weighted by Crippen LogP contribution is 2.57. The first-order valence-corrected chi connectivity index (χ1v) is 8.86. The number of fused-ring (bicyclic) bond motifs is 1. The van der Waals surface area contributed by atoms with Crippen LogP contribution in [0, 0.1) is 23.7 Å². The molecule has 1 aliphatic heterocycles. The van der Waals surface area contributed by atoms with Crippen molar-refractivity contribution < 1.29 is 28.6 Å². The fourth-order valence-corrected chi connectivity index (χ4v) is 4.69. The Bertz CT molecular complexity index is 779. The molecule has 1 amide bonds. The van der Waals surface area contributed by atoms with Gasteiger partial charge in [0.2, 0.25) is 0 Å². The minimum absolute atomic E-state index is 0.0415. The number of anilines is 1. The number of nitrogens with one attached hydrogen (secondary N) is 1. The molecule has 3 aliphatic rings. The van der Waals surface area contributed by atoms with Gasteiger partial charge in [0, 0.05) is 10.9 Å². The Morgan fingerprint density at radius 3 is 2.92 bits per heavy atom. The van der Waals surface area contributed by atoms with Gasteiger partial charge in [-0.15, -0.1) is 0 Å². The second-order valence-electron chi connectivity index (χ2n) is 6.92. The van der Waals surface area contributed by atoms with Crippen molar-refractivity contribution in [1.82, 2.24) is 0 Å². The fourth-order valence-electron chi connectivity index (χ4n) is 4.52. The number of carbonyl (C=O) groups excluding carboxylic acids is 3. The maximum atomic E-state index is 12.4. The highest BCUT2D eigenvalue weighted by molar-refractivity contribution is 6.31. The summed E-state index contributed by atoms with van der Waals surface area (Å²) < 4.78 is 15.6. The van der Waals surface area contributed by atoms with Crippen molar-refractivity contribution in [2.75, 3.05) is 19.0 Å². The Balaban J connectivity index is 1.36.